The Labute approximate surface area is 230 Å². The monoisotopic (exact) mass is 534 g/mol. The van der Waals surface area contributed by atoms with Crippen molar-refractivity contribution < 1.29 is 14.7 Å². The maximum absolute atomic E-state index is 14.0. The molecule has 4 aliphatic rings. The Morgan fingerprint density at radius 3 is 2.23 bits per heavy atom. The van der Waals surface area contributed by atoms with Gasteiger partial charge in [-0.1, -0.05) is 43.0 Å². The van der Waals surface area contributed by atoms with Crippen molar-refractivity contribution in [2.24, 2.45) is 17.0 Å². The molecule has 8 heteroatoms. The van der Waals surface area contributed by atoms with Crippen LogP contribution in [0.5, 0.6) is 0 Å². The number of hydrogen-bond donors (Lipinski definition) is 1. The van der Waals surface area contributed by atoms with E-state index in [0.29, 0.717) is 23.8 Å². The average Bonchev–Trinajstić information content (AvgIpc) is 3.06. The van der Waals surface area contributed by atoms with Gasteiger partial charge in [0.25, 0.3) is 5.56 Å². The molecule has 0 radical (unpaired) electrons. The second-order valence-corrected chi connectivity index (χ2v) is 13.0. The Morgan fingerprint density at radius 1 is 0.949 bits per heavy atom. The highest BCUT2D eigenvalue weighted by Crippen LogP contribution is 2.47. The number of fused-ring (bicyclic) bond motifs is 5. The summed E-state index contributed by atoms with van der Waals surface area (Å²) in [5, 5.41) is 13.4. The molecule has 1 aromatic heterocycles. The summed E-state index contributed by atoms with van der Waals surface area (Å²) < 4.78 is 1.96. The van der Waals surface area contributed by atoms with E-state index in [-0.39, 0.29) is 17.3 Å². The Balaban J connectivity index is 1.30. The summed E-state index contributed by atoms with van der Waals surface area (Å²) in [7, 11) is 0. The number of hydrogen-bond acceptors (Lipinski definition) is 6. The molecule has 6 atom stereocenters. The van der Waals surface area contributed by atoms with Gasteiger partial charge in [-0.2, -0.15) is 0 Å². The van der Waals surface area contributed by atoms with Gasteiger partial charge in [-0.15, -0.1) is 0 Å². The Bertz CT molecular complexity index is 1310. The van der Waals surface area contributed by atoms with E-state index in [1.807, 2.05) is 28.8 Å². The lowest BCUT2D eigenvalue weighted by Gasteiger charge is -2.48. The fourth-order valence-corrected chi connectivity index (χ4v) is 8.12. The van der Waals surface area contributed by atoms with Gasteiger partial charge in [0.05, 0.1) is 11.0 Å². The number of aliphatic carboxylic acids is 1. The minimum atomic E-state index is -1.50. The molecule has 3 heterocycles. The zero-order chi connectivity index (χ0) is 27.3. The predicted octanol–water partition coefficient (Wildman–Crippen LogP) is 5.53. The lowest BCUT2D eigenvalue weighted by molar-refractivity contribution is -0.161. The van der Waals surface area contributed by atoms with Gasteiger partial charge < -0.3 is 14.5 Å². The lowest BCUT2D eigenvalue weighted by atomic mass is 9.76. The normalized spacial score (nSPS) is 31.7. The fourth-order valence-electron chi connectivity index (χ4n) is 8.12. The van der Waals surface area contributed by atoms with Gasteiger partial charge in [0.15, 0.2) is 5.69 Å². The molecule has 4 fully saturated rings. The molecule has 2 aliphatic heterocycles. The Morgan fingerprint density at radius 2 is 1.59 bits per heavy atom. The third kappa shape index (κ3) is 5.01. The first-order chi connectivity index (χ1) is 18.7. The second-order valence-electron chi connectivity index (χ2n) is 13.0. The topological polar surface area (TPSA) is 97.0 Å². The van der Waals surface area contributed by atoms with Crippen molar-refractivity contribution in [3.63, 3.8) is 0 Å². The van der Waals surface area contributed by atoms with Gasteiger partial charge in [0.1, 0.15) is 5.71 Å². The smallest absolute Gasteiger partial charge is 0.350 e. The maximum atomic E-state index is 14.0. The van der Waals surface area contributed by atoms with Crippen LogP contribution in [-0.2, 0) is 9.63 Å². The van der Waals surface area contributed by atoms with Crippen LogP contribution in [0.2, 0.25) is 0 Å². The molecule has 1 aromatic carbocycles. The number of rotatable bonds is 6. The fraction of sp³-hybridized carbons (Fsp3) is 0.677. The molecular formula is C31H42N4O4. The van der Waals surface area contributed by atoms with Crippen LogP contribution in [0, 0.1) is 11.8 Å². The van der Waals surface area contributed by atoms with Gasteiger partial charge >= 0.3 is 5.97 Å². The highest BCUT2D eigenvalue weighted by molar-refractivity contribution is 5.97. The van der Waals surface area contributed by atoms with E-state index in [4.69, 9.17) is 4.84 Å². The quantitative estimate of drug-likeness (QED) is 0.387. The van der Waals surface area contributed by atoms with E-state index in [1.54, 1.807) is 6.92 Å². The molecule has 4 bridgehead atoms. The summed E-state index contributed by atoms with van der Waals surface area (Å²) in [6.45, 7) is 4.53. The number of para-hydroxylation sites is 2. The first-order valence-electron chi connectivity index (χ1n) is 15.0. The van der Waals surface area contributed by atoms with Gasteiger partial charge in [-0.3, -0.25) is 9.69 Å². The number of aromatic nitrogens is 2. The van der Waals surface area contributed by atoms with E-state index >= 15 is 0 Å². The van der Waals surface area contributed by atoms with Crippen LogP contribution in [0.3, 0.4) is 0 Å². The molecule has 0 amide bonds. The predicted molar refractivity (Wildman–Crippen MR) is 151 cm³/mol. The molecule has 6 rings (SSSR count). The molecule has 2 aromatic rings. The van der Waals surface area contributed by atoms with Gasteiger partial charge in [0.2, 0.25) is 5.60 Å². The highest BCUT2D eigenvalue weighted by Gasteiger charge is 2.47. The molecule has 2 saturated carbocycles. The van der Waals surface area contributed by atoms with Crippen molar-refractivity contribution >= 4 is 22.7 Å². The number of oxime groups is 1. The Kier molecular flexibility index (Phi) is 7.02. The van der Waals surface area contributed by atoms with E-state index in [0.717, 1.165) is 35.7 Å². The third-order valence-corrected chi connectivity index (χ3v) is 9.97. The van der Waals surface area contributed by atoms with Crippen molar-refractivity contribution in [3.8, 4) is 0 Å². The number of benzene rings is 1. The lowest BCUT2D eigenvalue weighted by Crippen LogP contribution is -2.52. The summed E-state index contributed by atoms with van der Waals surface area (Å²) in [6.07, 6.45) is 14.2. The number of carboxylic acid groups (broad SMARTS) is 1. The van der Waals surface area contributed by atoms with Crippen LogP contribution in [-0.4, -0.2) is 55.0 Å². The summed E-state index contributed by atoms with van der Waals surface area (Å²) in [5.41, 5.74) is 0.436. The van der Waals surface area contributed by atoms with E-state index < -0.39 is 11.6 Å². The van der Waals surface area contributed by atoms with E-state index in [9.17, 15) is 14.7 Å². The minimum absolute atomic E-state index is 0.105. The van der Waals surface area contributed by atoms with E-state index in [2.05, 4.69) is 15.0 Å². The Hall–Kier alpha value is -2.74. The van der Waals surface area contributed by atoms with E-state index in [1.165, 1.54) is 71.6 Å². The van der Waals surface area contributed by atoms with Crippen molar-refractivity contribution in [2.45, 2.75) is 121 Å². The molecule has 39 heavy (non-hydrogen) atoms. The van der Waals surface area contributed by atoms with Crippen molar-refractivity contribution in [1.82, 2.24) is 14.5 Å². The van der Waals surface area contributed by atoms with Crippen molar-refractivity contribution in [1.29, 1.82) is 0 Å². The molecule has 2 saturated heterocycles. The van der Waals surface area contributed by atoms with Crippen LogP contribution in [0.15, 0.2) is 34.2 Å². The van der Waals surface area contributed by atoms with Crippen molar-refractivity contribution in [3.05, 3.63) is 40.3 Å². The summed E-state index contributed by atoms with van der Waals surface area (Å²) in [6, 6.07) is 9.67. The standard InChI is InChI=1S/C31H42N4O4/c1-19(33-39-31(2,3)30(37)38)28-29(36)35(27-11-7-6-10-26(27)32-28)25-17-22-12-13-23(18-25)34(22)24-15-20-8-4-5-9-21(14-20)16-24/h6-7,10-11,20-25H,4-5,8-9,12-18H2,1-3H3,(H,37,38)/b33-19+/t20-,21+,22-,23+,24?,25?. The number of piperidine rings is 1. The van der Waals surface area contributed by atoms with Crippen LogP contribution in [0.25, 0.3) is 11.0 Å². The number of carbonyl (C=O) groups is 1. The SMILES string of the molecule is C/C(=N\OC(C)(C)C(=O)O)c1nc2ccccc2n(C2C[C@H]3CC[C@@H](C2)N3C2C[C@H]3CCCC[C@@H](C2)C3)c1=O. The van der Waals surface area contributed by atoms with Crippen molar-refractivity contribution in [2.75, 3.05) is 0 Å². The zero-order valence-electron chi connectivity index (χ0n) is 23.5. The van der Waals surface area contributed by atoms with Gasteiger partial charge in [-0.25, -0.2) is 9.78 Å². The molecule has 210 valence electrons. The van der Waals surface area contributed by atoms with Gasteiger partial charge in [-0.05, 0) is 89.7 Å². The summed E-state index contributed by atoms with van der Waals surface area (Å²) >= 11 is 0. The van der Waals surface area contributed by atoms with Crippen LogP contribution in [0.1, 0.15) is 103 Å². The first-order valence-corrected chi connectivity index (χ1v) is 15.0. The summed E-state index contributed by atoms with van der Waals surface area (Å²) in [5.74, 6) is 0.680. The first kappa shape index (κ1) is 26.5. The maximum Gasteiger partial charge on any atom is 0.350 e. The molecule has 0 spiro atoms. The zero-order valence-corrected chi connectivity index (χ0v) is 23.5. The van der Waals surface area contributed by atoms with Gasteiger partial charge in [0, 0.05) is 24.2 Å². The molecule has 2 unspecified atom stereocenters. The van der Waals surface area contributed by atoms with Crippen LogP contribution in [0.4, 0.5) is 0 Å². The second kappa shape index (κ2) is 10.3. The molecule has 1 N–H and O–H groups in total. The number of nitrogens with zero attached hydrogens (tertiary/aromatic N) is 4. The number of carboxylic acids is 1. The minimum Gasteiger partial charge on any atom is -0.478 e. The molecule has 2 aliphatic carbocycles. The van der Waals surface area contributed by atoms with Crippen LogP contribution < -0.4 is 5.56 Å². The third-order valence-electron chi connectivity index (χ3n) is 9.97. The highest BCUT2D eigenvalue weighted by atomic mass is 16.7. The van der Waals surface area contributed by atoms with Crippen LogP contribution >= 0.6 is 0 Å². The molecule has 8 nitrogen and oxygen atoms in total. The summed E-state index contributed by atoms with van der Waals surface area (Å²) in [4.78, 5) is 38.3. The average molecular weight is 535 g/mol. The largest absolute Gasteiger partial charge is 0.478 e. The molecular weight excluding hydrogens is 492 g/mol.